The van der Waals surface area contributed by atoms with Crippen molar-refractivity contribution in [3.05, 3.63) is 32.0 Å². The zero-order valence-corrected chi connectivity index (χ0v) is 13.6. The second kappa shape index (κ2) is 4.63. The van der Waals surface area contributed by atoms with Crippen LogP contribution >= 0.6 is 28.1 Å². The van der Waals surface area contributed by atoms with Crippen LogP contribution in [0, 0.1) is 25.4 Å². The van der Waals surface area contributed by atoms with E-state index in [1.54, 1.807) is 0 Å². The molecule has 0 amide bonds. The van der Waals surface area contributed by atoms with Gasteiger partial charge in [0.05, 0.1) is 5.69 Å². The normalized spacial score (nSPS) is 11.0. The average Bonchev–Trinajstić information content (AvgIpc) is 2.55. The molecule has 0 bridgehead atoms. The van der Waals surface area contributed by atoms with Gasteiger partial charge in [-0.25, -0.2) is 0 Å². The molecule has 0 saturated carbocycles. The number of pyridine rings is 1. The van der Waals surface area contributed by atoms with Gasteiger partial charge in [-0.2, -0.15) is 5.10 Å². The van der Waals surface area contributed by atoms with Crippen molar-refractivity contribution in [2.75, 3.05) is 0 Å². The van der Waals surface area contributed by atoms with Crippen LogP contribution in [0.15, 0.2) is 10.7 Å². The number of rotatable bonds is 1. The van der Waals surface area contributed by atoms with Crippen LogP contribution in [0.1, 0.15) is 16.7 Å². The highest BCUT2D eigenvalue weighted by Gasteiger charge is 2.16. The van der Waals surface area contributed by atoms with Crippen molar-refractivity contribution >= 4 is 28.1 Å². The van der Waals surface area contributed by atoms with E-state index >= 15 is 0 Å². The third-order valence-corrected chi connectivity index (χ3v) is 4.91. The molecule has 2 rings (SSSR count). The van der Waals surface area contributed by atoms with Crippen LogP contribution in [-0.4, -0.2) is 14.3 Å². The van der Waals surface area contributed by atoms with E-state index in [-0.39, 0.29) is 0 Å². The van der Waals surface area contributed by atoms with E-state index in [0.29, 0.717) is 0 Å². The van der Waals surface area contributed by atoms with Crippen molar-refractivity contribution < 1.29 is 0 Å². The van der Waals surface area contributed by atoms with E-state index in [9.17, 15) is 0 Å². The fourth-order valence-electron chi connectivity index (χ4n) is 2.27. The van der Waals surface area contributed by atoms with Gasteiger partial charge in [0.1, 0.15) is 14.9 Å². The molecule has 3 nitrogen and oxygen atoms in total. The Bertz CT molecular complexity index is 683. The van der Waals surface area contributed by atoms with Crippen molar-refractivity contribution in [3.8, 4) is 11.4 Å². The fourth-order valence-corrected chi connectivity index (χ4v) is 2.68. The molecule has 0 N–H and O–H groups in total. The van der Waals surface area contributed by atoms with Crippen LogP contribution in [0.25, 0.3) is 11.4 Å². The quantitative estimate of drug-likeness (QED) is 0.743. The largest absolute Gasteiger partial charge is 0.333 e. The van der Waals surface area contributed by atoms with Crippen LogP contribution in [0.5, 0.6) is 0 Å². The number of aromatic nitrogens is 3. The standard InChI is InChI=1S/C13H16BrN3S/c1-7-6-8(2)13(18)16(4)11(7)10-9(3)12(14)17(5)15-10/h6H,1-5H3. The van der Waals surface area contributed by atoms with E-state index in [1.807, 2.05) is 30.3 Å². The smallest absolute Gasteiger partial charge is 0.113 e. The molecular formula is C13H16BrN3S. The summed E-state index contributed by atoms with van der Waals surface area (Å²) in [5.74, 6) is 0. The van der Waals surface area contributed by atoms with Gasteiger partial charge in [-0.1, -0.05) is 18.3 Å². The van der Waals surface area contributed by atoms with Gasteiger partial charge < -0.3 is 4.57 Å². The number of hydrogen-bond donors (Lipinski definition) is 0. The van der Waals surface area contributed by atoms with Crippen molar-refractivity contribution in [1.29, 1.82) is 0 Å². The van der Waals surface area contributed by atoms with Crippen molar-refractivity contribution in [3.63, 3.8) is 0 Å². The summed E-state index contributed by atoms with van der Waals surface area (Å²) in [7, 11) is 3.93. The number of nitrogens with zero attached hydrogens (tertiary/aromatic N) is 3. The van der Waals surface area contributed by atoms with Crippen molar-refractivity contribution in [1.82, 2.24) is 14.3 Å². The van der Waals surface area contributed by atoms with Crippen molar-refractivity contribution in [2.45, 2.75) is 20.8 Å². The molecule has 0 fully saturated rings. The summed E-state index contributed by atoms with van der Waals surface area (Å²) in [5.41, 5.74) is 5.52. The first-order valence-electron chi connectivity index (χ1n) is 5.71. The molecule has 2 aromatic rings. The highest BCUT2D eigenvalue weighted by atomic mass is 79.9. The molecule has 0 unspecified atom stereocenters. The molecule has 0 aliphatic rings. The highest BCUT2D eigenvalue weighted by molar-refractivity contribution is 9.10. The second-order valence-corrected chi connectivity index (χ2v) is 5.75. The summed E-state index contributed by atoms with van der Waals surface area (Å²) < 4.78 is 5.74. The Balaban J connectivity index is 2.83. The summed E-state index contributed by atoms with van der Waals surface area (Å²) in [6.45, 7) is 6.20. The molecule has 0 aromatic carbocycles. The maximum Gasteiger partial charge on any atom is 0.113 e. The van der Waals surface area contributed by atoms with Crippen LogP contribution in [-0.2, 0) is 14.1 Å². The lowest BCUT2D eigenvalue weighted by Gasteiger charge is -2.13. The van der Waals surface area contributed by atoms with Gasteiger partial charge in [0.2, 0.25) is 0 Å². The minimum absolute atomic E-state index is 0.858. The zero-order valence-electron chi connectivity index (χ0n) is 11.2. The average molecular weight is 326 g/mol. The van der Waals surface area contributed by atoms with Gasteiger partial charge in [-0.15, -0.1) is 0 Å². The Morgan fingerprint density at radius 3 is 2.28 bits per heavy atom. The third-order valence-electron chi connectivity index (χ3n) is 3.21. The first-order chi connectivity index (χ1) is 8.34. The number of hydrogen-bond acceptors (Lipinski definition) is 2. The van der Waals surface area contributed by atoms with E-state index in [0.717, 1.165) is 31.8 Å². The molecule has 18 heavy (non-hydrogen) atoms. The minimum atomic E-state index is 0.858. The Morgan fingerprint density at radius 1 is 1.17 bits per heavy atom. The summed E-state index contributed by atoms with van der Waals surface area (Å²) in [6, 6.07) is 2.12. The second-order valence-electron chi connectivity index (χ2n) is 4.61. The van der Waals surface area contributed by atoms with Crippen LogP contribution < -0.4 is 0 Å². The molecule has 0 radical (unpaired) electrons. The number of aryl methyl sites for hydroxylation is 3. The first-order valence-corrected chi connectivity index (χ1v) is 6.91. The van der Waals surface area contributed by atoms with E-state index in [4.69, 9.17) is 12.2 Å². The molecular weight excluding hydrogens is 310 g/mol. The fraction of sp³-hybridized carbons (Fsp3) is 0.385. The Hall–Kier alpha value is -0.940. The third kappa shape index (κ3) is 1.95. The van der Waals surface area contributed by atoms with Gasteiger partial charge in [0, 0.05) is 19.7 Å². The molecule has 5 heteroatoms. The summed E-state index contributed by atoms with van der Waals surface area (Å²) in [5, 5.41) is 4.58. The van der Waals surface area contributed by atoms with Gasteiger partial charge in [0.15, 0.2) is 0 Å². The molecule has 0 atom stereocenters. The summed E-state index contributed by atoms with van der Waals surface area (Å²) in [6.07, 6.45) is 0. The summed E-state index contributed by atoms with van der Waals surface area (Å²) >= 11 is 8.99. The maximum absolute atomic E-state index is 5.44. The monoisotopic (exact) mass is 325 g/mol. The Morgan fingerprint density at radius 2 is 1.78 bits per heavy atom. The van der Waals surface area contributed by atoms with Gasteiger partial charge in [0.25, 0.3) is 0 Å². The van der Waals surface area contributed by atoms with E-state index < -0.39 is 0 Å². The maximum atomic E-state index is 5.44. The highest BCUT2D eigenvalue weighted by Crippen LogP contribution is 2.30. The lowest BCUT2D eigenvalue weighted by molar-refractivity contribution is 0.747. The molecule has 0 aliphatic heterocycles. The minimum Gasteiger partial charge on any atom is -0.333 e. The molecule has 0 saturated heterocycles. The number of halogens is 1. The summed E-state index contributed by atoms with van der Waals surface area (Å²) in [4.78, 5) is 0. The molecule has 0 aliphatic carbocycles. The predicted molar refractivity (Wildman–Crippen MR) is 80.4 cm³/mol. The molecule has 2 aromatic heterocycles. The Labute approximate surface area is 121 Å². The molecule has 96 valence electrons. The molecule has 0 spiro atoms. The predicted octanol–water partition coefficient (Wildman–Crippen LogP) is 3.84. The lowest BCUT2D eigenvalue weighted by atomic mass is 10.1. The first kappa shape index (κ1) is 13.5. The Kier molecular flexibility index (Phi) is 3.47. The van der Waals surface area contributed by atoms with Crippen LogP contribution in [0.2, 0.25) is 0 Å². The van der Waals surface area contributed by atoms with Gasteiger partial charge in [-0.3, -0.25) is 4.68 Å². The van der Waals surface area contributed by atoms with Crippen LogP contribution in [0.4, 0.5) is 0 Å². The van der Waals surface area contributed by atoms with E-state index in [1.165, 1.54) is 5.56 Å². The SMILES string of the molecule is Cc1cc(C)c(=S)n(C)c1-c1nn(C)c(Br)c1C. The van der Waals surface area contributed by atoms with Crippen LogP contribution in [0.3, 0.4) is 0 Å². The van der Waals surface area contributed by atoms with E-state index in [2.05, 4.69) is 40.9 Å². The zero-order chi connectivity index (χ0) is 13.6. The topological polar surface area (TPSA) is 22.8 Å². The van der Waals surface area contributed by atoms with Crippen molar-refractivity contribution in [2.24, 2.45) is 14.1 Å². The van der Waals surface area contributed by atoms with Gasteiger partial charge in [-0.05, 0) is 47.8 Å². The molecule has 2 heterocycles. The lowest BCUT2D eigenvalue weighted by Crippen LogP contribution is -2.04. The van der Waals surface area contributed by atoms with Gasteiger partial charge >= 0.3 is 0 Å².